The van der Waals surface area contributed by atoms with E-state index < -0.39 is 12.7 Å². The molecule has 7 nitrogen and oxygen atoms in total. The first-order chi connectivity index (χ1) is 11.4. The molecule has 1 atom stereocenters. The zero-order valence-corrected chi connectivity index (χ0v) is 14.7. The maximum Gasteiger partial charge on any atom is 0.387 e. The number of halogens is 3. The predicted octanol–water partition coefficient (Wildman–Crippen LogP) is 1.76. The van der Waals surface area contributed by atoms with Crippen LogP contribution in [-0.4, -0.2) is 51.0 Å². The SMILES string of the molecule is COC(CN)CC(=O)N(C)Cc1cc2c(cc1OC(F)F)OCO2.Cl. The Morgan fingerprint density at radius 3 is 2.56 bits per heavy atom. The Balaban J connectivity index is 0.00000312. The van der Waals surface area contributed by atoms with Gasteiger partial charge in [0.2, 0.25) is 12.7 Å². The second-order valence-corrected chi connectivity index (χ2v) is 5.24. The van der Waals surface area contributed by atoms with E-state index in [4.69, 9.17) is 19.9 Å². The van der Waals surface area contributed by atoms with Gasteiger partial charge in [-0.15, -0.1) is 12.4 Å². The van der Waals surface area contributed by atoms with Crippen molar-refractivity contribution in [3.05, 3.63) is 17.7 Å². The van der Waals surface area contributed by atoms with Gasteiger partial charge in [-0.3, -0.25) is 4.79 Å². The Bertz CT molecular complexity index is 587. The minimum Gasteiger partial charge on any atom is -0.454 e. The van der Waals surface area contributed by atoms with E-state index in [0.717, 1.165) is 0 Å². The zero-order chi connectivity index (χ0) is 17.7. The van der Waals surface area contributed by atoms with E-state index >= 15 is 0 Å². The third kappa shape index (κ3) is 5.58. The normalized spacial score (nSPS) is 13.4. The van der Waals surface area contributed by atoms with Crippen LogP contribution >= 0.6 is 12.4 Å². The van der Waals surface area contributed by atoms with Gasteiger partial charge < -0.3 is 29.6 Å². The van der Waals surface area contributed by atoms with Crippen LogP contribution in [0.1, 0.15) is 12.0 Å². The first-order valence-corrected chi connectivity index (χ1v) is 7.28. The van der Waals surface area contributed by atoms with Crippen molar-refractivity contribution < 1.29 is 32.5 Å². The largest absolute Gasteiger partial charge is 0.454 e. The van der Waals surface area contributed by atoms with Crippen LogP contribution in [0.15, 0.2) is 12.1 Å². The molecule has 0 aliphatic carbocycles. The van der Waals surface area contributed by atoms with Crippen LogP contribution in [0.4, 0.5) is 8.78 Å². The summed E-state index contributed by atoms with van der Waals surface area (Å²) >= 11 is 0. The van der Waals surface area contributed by atoms with Gasteiger partial charge in [-0.05, 0) is 6.07 Å². The summed E-state index contributed by atoms with van der Waals surface area (Å²) in [6.07, 6.45) is -0.299. The number of rotatable bonds is 8. The van der Waals surface area contributed by atoms with Crippen LogP contribution in [0.25, 0.3) is 0 Å². The first-order valence-electron chi connectivity index (χ1n) is 7.28. The van der Waals surface area contributed by atoms with Crippen molar-refractivity contribution in [3.63, 3.8) is 0 Å². The Labute approximate surface area is 150 Å². The van der Waals surface area contributed by atoms with E-state index in [0.29, 0.717) is 17.1 Å². The molecular formula is C15H21ClF2N2O5. The number of hydrogen-bond donors (Lipinski definition) is 1. The van der Waals surface area contributed by atoms with Gasteiger partial charge in [-0.25, -0.2) is 0 Å². The molecule has 10 heteroatoms. The van der Waals surface area contributed by atoms with Gasteiger partial charge in [0.1, 0.15) is 5.75 Å². The molecule has 25 heavy (non-hydrogen) atoms. The van der Waals surface area contributed by atoms with Gasteiger partial charge in [0.15, 0.2) is 11.5 Å². The van der Waals surface area contributed by atoms with Crippen molar-refractivity contribution in [1.29, 1.82) is 0 Å². The molecule has 142 valence electrons. The zero-order valence-electron chi connectivity index (χ0n) is 13.9. The van der Waals surface area contributed by atoms with E-state index in [9.17, 15) is 13.6 Å². The highest BCUT2D eigenvalue weighted by Crippen LogP contribution is 2.39. The van der Waals surface area contributed by atoms with Crippen molar-refractivity contribution >= 4 is 18.3 Å². The number of carbonyl (C=O) groups is 1. The first kappa shape index (κ1) is 21.2. The van der Waals surface area contributed by atoms with Crippen molar-refractivity contribution in [2.24, 2.45) is 5.73 Å². The van der Waals surface area contributed by atoms with Crippen LogP contribution in [-0.2, 0) is 16.1 Å². The summed E-state index contributed by atoms with van der Waals surface area (Å²) in [4.78, 5) is 13.6. The van der Waals surface area contributed by atoms with Crippen molar-refractivity contribution in [2.75, 3.05) is 27.5 Å². The fourth-order valence-electron chi connectivity index (χ4n) is 2.25. The predicted molar refractivity (Wildman–Crippen MR) is 87.4 cm³/mol. The van der Waals surface area contributed by atoms with Gasteiger partial charge in [0.05, 0.1) is 12.5 Å². The molecule has 0 radical (unpaired) electrons. The summed E-state index contributed by atoms with van der Waals surface area (Å²) in [6.45, 7) is -2.70. The Morgan fingerprint density at radius 2 is 2.00 bits per heavy atom. The lowest BCUT2D eigenvalue weighted by Gasteiger charge is -2.21. The number of fused-ring (bicyclic) bond motifs is 1. The highest BCUT2D eigenvalue weighted by Gasteiger charge is 2.22. The van der Waals surface area contributed by atoms with Crippen LogP contribution in [0, 0.1) is 0 Å². The lowest BCUT2D eigenvalue weighted by molar-refractivity contribution is -0.132. The van der Waals surface area contributed by atoms with Crippen LogP contribution in [0.3, 0.4) is 0 Å². The summed E-state index contributed by atoms with van der Waals surface area (Å²) < 4.78 is 45.2. The number of methoxy groups -OCH3 is 1. The minimum atomic E-state index is -2.99. The summed E-state index contributed by atoms with van der Waals surface area (Å²) in [7, 11) is 3.03. The molecule has 1 aromatic rings. The number of benzene rings is 1. The molecule has 1 heterocycles. The molecule has 0 saturated carbocycles. The molecule has 1 unspecified atom stereocenters. The summed E-state index contributed by atoms with van der Waals surface area (Å²) in [6, 6.07) is 2.86. The second-order valence-electron chi connectivity index (χ2n) is 5.24. The topological polar surface area (TPSA) is 83.3 Å². The quantitative estimate of drug-likeness (QED) is 0.737. The van der Waals surface area contributed by atoms with Gasteiger partial charge in [0.25, 0.3) is 0 Å². The molecule has 0 bridgehead atoms. The fourth-order valence-corrected chi connectivity index (χ4v) is 2.25. The van der Waals surface area contributed by atoms with Crippen LogP contribution < -0.4 is 19.9 Å². The molecule has 2 rings (SSSR count). The van der Waals surface area contributed by atoms with Gasteiger partial charge >= 0.3 is 6.61 Å². The molecular weight excluding hydrogens is 362 g/mol. The van der Waals surface area contributed by atoms with E-state index in [-0.39, 0.29) is 50.4 Å². The van der Waals surface area contributed by atoms with E-state index in [2.05, 4.69) is 4.74 Å². The highest BCUT2D eigenvalue weighted by molar-refractivity contribution is 5.85. The van der Waals surface area contributed by atoms with E-state index in [1.54, 1.807) is 7.05 Å². The number of nitrogens with zero attached hydrogens (tertiary/aromatic N) is 1. The minimum absolute atomic E-state index is 0. The maximum atomic E-state index is 12.6. The summed E-state index contributed by atoms with van der Waals surface area (Å²) in [5.74, 6) is 0.458. The summed E-state index contributed by atoms with van der Waals surface area (Å²) in [5.41, 5.74) is 5.88. The summed E-state index contributed by atoms with van der Waals surface area (Å²) in [5, 5.41) is 0. The molecule has 0 saturated heterocycles. The third-order valence-corrected chi connectivity index (χ3v) is 3.60. The van der Waals surface area contributed by atoms with Gasteiger partial charge in [0, 0.05) is 38.9 Å². The number of ether oxygens (including phenoxy) is 4. The second kappa shape index (κ2) is 9.59. The number of hydrogen-bond acceptors (Lipinski definition) is 6. The average Bonchev–Trinajstić information content (AvgIpc) is 2.99. The number of nitrogens with two attached hydrogens (primary N) is 1. The highest BCUT2D eigenvalue weighted by atomic mass is 35.5. The molecule has 0 spiro atoms. The van der Waals surface area contributed by atoms with Crippen LogP contribution in [0.5, 0.6) is 17.2 Å². The Morgan fingerprint density at radius 1 is 1.36 bits per heavy atom. The Kier molecular flexibility index (Phi) is 8.14. The number of alkyl halides is 2. The molecule has 1 aliphatic heterocycles. The standard InChI is InChI=1S/C15H20F2N2O5.ClH/c1-19(14(20)4-10(6-18)21-2)7-9-3-12-13(23-8-22-12)5-11(9)24-15(16)17;/h3,5,10,15H,4,6-8,18H2,1-2H3;1H. The maximum absolute atomic E-state index is 12.6. The lowest BCUT2D eigenvalue weighted by atomic mass is 10.1. The Hall–Kier alpha value is -1.84. The molecule has 0 aromatic heterocycles. The monoisotopic (exact) mass is 382 g/mol. The molecule has 2 N–H and O–H groups in total. The molecule has 0 fully saturated rings. The number of amides is 1. The fraction of sp³-hybridized carbons (Fsp3) is 0.533. The molecule has 1 amide bonds. The van der Waals surface area contributed by atoms with Crippen molar-refractivity contribution in [2.45, 2.75) is 25.7 Å². The van der Waals surface area contributed by atoms with Crippen molar-refractivity contribution in [1.82, 2.24) is 4.90 Å². The van der Waals surface area contributed by atoms with Crippen molar-refractivity contribution in [3.8, 4) is 17.2 Å². The van der Waals surface area contributed by atoms with E-state index in [1.165, 1.54) is 24.1 Å². The van der Waals surface area contributed by atoms with Gasteiger partial charge in [-0.1, -0.05) is 0 Å². The lowest BCUT2D eigenvalue weighted by Crippen LogP contribution is -2.33. The van der Waals surface area contributed by atoms with Gasteiger partial charge in [-0.2, -0.15) is 8.78 Å². The molecule has 1 aliphatic rings. The third-order valence-electron chi connectivity index (χ3n) is 3.60. The van der Waals surface area contributed by atoms with E-state index in [1.807, 2.05) is 0 Å². The van der Waals surface area contributed by atoms with Crippen LogP contribution in [0.2, 0.25) is 0 Å². The smallest absolute Gasteiger partial charge is 0.387 e. The molecule has 1 aromatic carbocycles. The number of carbonyl (C=O) groups excluding carboxylic acids is 1. The average molecular weight is 383 g/mol.